The summed E-state index contributed by atoms with van der Waals surface area (Å²) >= 11 is 0. The highest BCUT2D eigenvalue weighted by Crippen LogP contribution is 2.20. The van der Waals surface area contributed by atoms with Crippen molar-refractivity contribution in [1.29, 1.82) is 0 Å². The van der Waals surface area contributed by atoms with Gasteiger partial charge in [0.2, 0.25) is 5.91 Å². The van der Waals surface area contributed by atoms with Gasteiger partial charge in [-0.1, -0.05) is 0 Å². The van der Waals surface area contributed by atoms with E-state index < -0.39 is 5.97 Å². The van der Waals surface area contributed by atoms with Crippen molar-refractivity contribution in [1.82, 2.24) is 5.32 Å². The van der Waals surface area contributed by atoms with Crippen molar-refractivity contribution in [2.45, 2.75) is 65.1 Å². The fourth-order valence-electron chi connectivity index (χ4n) is 3.39. The van der Waals surface area contributed by atoms with Gasteiger partial charge < -0.3 is 35.7 Å². The van der Waals surface area contributed by atoms with Crippen molar-refractivity contribution in [2.75, 3.05) is 26.4 Å². The zero-order chi connectivity index (χ0) is 28.7. The highest BCUT2D eigenvalue weighted by molar-refractivity contribution is 5.91. The molecule has 2 aromatic rings. The molecule has 0 aliphatic heterocycles. The van der Waals surface area contributed by atoms with Crippen LogP contribution in [0.5, 0.6) is 11.5 Å². The maximum Gasteiger partial charge on any atom is 0.343 e. The van der Waals surface area contributed by atoms with E-state index in [0.29, 0.717) is 55.5 Å². The molecule has 0 bridgehead atoms. The van der Waals surface area contributed by atoms with E-state index in [1.807, 2.05) is 13.8 Å². The summed E-state index contributed by atoms with van der Waals surface area (Å²) < 4.78 is 22.5. The molecule has 0 saturated carbocycles. The fourth-order valence-corrected chi connectivity index (χ4v) is 3.39. The molecule has 10 heteroatoms. The third kappa shape index (κ3) is 13.6. The second kappa shape index (κ2) is 16.4. The topological polar surface area (TPSA) is 147 Å². The van der Waals surface area contributed by atoms with Crippen LogP contribution in [0.3, 0.4) is 0 Å². The molecule has 39 heavy (non-hydrogen) atoms. The number of guanidine groups is 1. The number of esters is 1. The zero-order valence-electron chi connectivity index (χ0n) is 23.4. The largest absolute Gasteiger partial charge is 0.492 e. The minimum Gasteiger partial charge on any atom is -0.492 e. The quantitative estimate of drug-likeness (QED) is 0.0890. The number of carbonyl (C=O) groups excluding carboxylic acids is 2. The van der Waals surface area contributed by atoms with Crippen LogP contribution in [0.4, 0.5) is 5.69 Å². The average Bonchev–Trinajstić information content (AvgIpc) is 2.87. The number of nitrogens with two attached hydrogens (primary N) is 2. The lowest BCUT2D eigenvalue weighted by Crippen LogP contribution is -2.28. The Bertz CT molecular complexity index is 1050. The van der Waals surface area contributed by atoms with Gasteiger partial charge in [-0.3, -0.25) is 4.79 Å². The number of ether oxygens (including phenoxy) is 4. The van der Waals surface area contributed by atoms with E-state index in [4.69, 9.17) is 30.4 Å². The Balaban J connectivity index is 1.59. The number of benzene rings is 2. The molecule has 2 aromatic carbocycles. The van der Waals surface area contributed by atoms with Crippen LogP contribution in [0, 0.1) is 0 Å². The molecule has 0 spiro atoms. The van der Waals surface area contributed by atoms with Crippen LogP contribution >= 0.6 is 0 Å². The number of unbranched alkanes of at least 4 members (excludes halogenated alkanes) is 1. The highest BCUT2D eigenvalue weighted by Gasteiger charge is 2.18. The molecule has 10 nitrogen and oxygen atoms in total. The second-order valence-electron chi connectivity index (χ2n) is 9.88. The van der Waals surface area contributed by atoms with Gasteiger partial charge in [0.15, 0.2) is 5.96 Å². The van der Waals surface area contributed by atoms with E-state index >= 15 is 0 Å². The lowest BCUT2D eigenvalue weighted by atomic mass is 10.1. The van der Waals surface area contributed by atoms with Crippen LogP contribution in [0.2, 0.25) is 0 Å². The third-order valence-electron chi connectivity index (χ3n) is 5.53. The summed E-state index contributed by atoms with van der Waals surface area (Å²) in [5.41, 5.74) is 11.4. The third-order valence-corrected chi connectivity index (χ3v) is 5.53. The highest BCUT2D eigenvalue weighted by atomic mass is 16.5. The minimum atomic E-state index is -0.502. The molecule has 0 aromatic heterocycles. The molecule has 0 saturated heterocycles. The number of aliphatic imine (C=N–C) groups is 1. The maximum atomic E-state index is 12.4. The number of amides is 1. The van der Waals surface area contributed by atoms with Crippen LogP contribution in [0.1, 0.15) is 63.7 Å². The SMILES string of the molecule is CC(C)OCCC(C)(C)OCCCCC(=O)NCCOc1ccc(C(=O)Oc2ccc(N=C(N)N)cc2)cc1. The van der Waals surface area contributed by atoms with E-state index in [1.165, 1.54) is 0 Å². The summed E-state index contributed by atoms with van der Waals surface area (Å²) in [6, 6.07) is 13.1. The number of nitrogens with zero attached hydrogens (tertiary/aromatic N) is 1. The summed E-state index contributed by atoms with van der Waals surface area (Å²) in [7, 11) is 0. The van der Waals surface area contributed by atoms with Gasteiger partial charge in [-0.2, -0.15) is 0 Å². The maximum absolute atomic E-state index is 12.4. The molecule has 5 N–H and O–H groups in total. The van der Waals surface area contributed by atoms with E-state index in [1.54, 1.807) is 48.5 Å². The molecule has 214 valence electrons. The van der Waals surface area contributed by atoms with E-state index in [0.717, 1.165) is 19.3 Å². The van der Waals surface area contributed by atoms with Gasteiger partial charge >= 0.3 is 5.97 Å². The second-order valence-corrected chi connectivity index (χ2v) is 9.88. The van der Waals surface area contributed by atoms with Gasteiger partial charge in [-0.15, -0.1) is 0 Å². The first-order chi connectivity index (χ1) is 18.5. The van der Waals surface area contributed by atoms with Crippen molar-refractivity contribution in [3.05, 3.63) is 54.1 Å². The van der Waals surface area contributed by atoms with Crippen molar-refractivity contribution in [2.24, 2.45) is 16.5 Å². The number of rotatable bonds is 17. The minimum absolute atomic E-state index is 0.0207. The summed E-state index contributed by atoms with van der Waals surface area (Å²) in [6.07, 6.45) is 3.06. The van der Waals surface area contributed by atoms with Gasteiger partial charge in [0.05, 0.1) is 29.5 Å². The van der Waals surface area contributed by atoms with Crippen LogP contribution in [-0.4, -0.2) is 55.9 Å². The van der Waals surface area contributed by atoms with Crippen molar-refractivity contribution in [3.63, 3.8) is 0 Å². The Hall–Kier alpha value is -3.63. The van der Waals surface area contributed by atoms with Crippen LogP contribution in [-0.2, 0) is 14.3 Å². The molecule has 0 aliphatic carbocycles. The molecule has 0 heterocycles. The Labute approximate surface area is 231 Å². The summed E-state index contributed by atoms with van der Waals surface area (Å²) in [5, 5.41) is 2.85. The Morgan fingerprint density at radius 2 is 1.59 bits per heavy atom. The average molecular weight is 543 g/mol. The molecule has 0 fully saturated rings. The van der Waals surface area contributed by atoms with Gasteiger partial charge in [0.25, 0.3) is 0 Å². The Morgan fingerprint density at radius 3 is 2.23 bits per heavy atom. The van der Waals surface area contributed by atoms with Crippen molar-refractivity contribution in [3.8, 4) is 11.5 Å². The first kappa shape index (κ1) is 31.6. The molecule has 1 amide bonds. The molecular formula is C29H42N4O6. The molecule has 0 unspecified atom stereocenters. The molecule has 0 aliphatic rings. The first-order valence-electron chi connectivity index (χ1n) is 13.2. The van der Waals surface area contributed by atoms with E-state index in [2.05, 4.69) is 24.2 Å². The number of carbonyl (C=O) groups is 2. The van der Waals surface area contributed by atoms with Gasteiger partial charge in [-0.05, 0) is 95.5 Å². The predicted molar refractivity (Wildman–Crippen MR) is 151 cm³/mol. The molecular weight excluding hydrogens is 500 g/mol. The van der Waals surface area contributed by atoms with Crippen molar-refractivity contribution < 1.29 is 28.5 Å². The number of nitrogens with one attached hydrogen (secondary N) is 1. The van der Waals surface area contributed by atoms with Gasteiger partial charge in [-0.25, -0.2) is 9.79 Å². The van der Waals surface area contributed by atoms with Gasteiger partial charge in [0.1, 0.15) is 18.1 Å². The molecule has 2 rings (SSSR count). The van der Waals surface area contributed by atoms with Crippen LogP contribution in [0.15, 0.2) is 53.5 Å². The molecule has 0 radical (unpaired) electrons. The smallest absolute Gasteiger partial charge is 0.343 e. The summed E-state index contributed by atoms with van der Waals surface area (Å²) in [4.78, 5) is 28.3. The number of hydrogen-bond donors (Lipinski definition) is 3. The summed E-state index contributed by atoms with van der Waals surface area (Å²) in [5.74, 6) is 0.380. The van der Waals surface area contributed by atoms with Crippen LogP contribution in [0.25, 0.3) is 0 Å². The summed E-state index contributed by atoms with van der Waals surface area (Å²) in [6.45, 7) is 10.1. The Morgan fingerprint density at radius 1 is 0.923 bits per heavy atom. The first-order valence-corrected chi connectivity index (χ1v) is 13.2. The van der Waals surface area contributed by atoms with E-state index in [9.17, 15) is 9.59 Å². The monoisotopic (exact) mass is 542 g/mol. The predicted octanol–water partition coefficient (Wildman–Crippen LogP) is 4.09. The zero-order valence-corrected chi connectivity index (χ0v) is 23.4. The van der Waals surface area contributed by atoms with E-state index in [-0.39, 0.29) is 23.6 Å². The van der Waals surface area contributed by atoms with Crippen LogP contribution < -0.4 is 26.3 Å². The van der Waals surface area contributed by atoms with Crippen molar-refractivity contribution >= 4 is 23.5 Å². The lowest BCUT2D eigenvalue weighted by Gasteiger charge is -2.25. The normalized spacial score (nSPS) is 11.2. The standard InChI is InChI=1S/C29H42N4O6/c1-21(2)36-19-16-29(3,4)38-18-6-5-7-26(34)32-17-20-37-24-12-8-22(9-13-24)27(35)39-25-14-10-23(11-15-25)33-28(30)31/h8-15,21H,5-7,16-20H2,1-4H3,(H,32,34)(H4,30,31,33). The molecule has 0 atom stereocenters. The fraction of sp³-hybridized carbons (Fsp3) is 0.483. The Kier molecular flexibility index (Phi) is 13.2. The van der Waals surface area contributed by atoms with Gasteiger partial charge in [0, 0.05) is 19.6 Å². The number of hydrogen-bond acceptors (Lipinski definition) is 7. The lowest BCUT2D eigenvalue weighted by molar-refractivity contribution is -0.121.